The third kappa shape index (κ3) is 5.46. The Balaban J connectivity index is 1.98. The van der Waals surface area contributed by atoms with Crippen LogP contribution in [-0.2, 0) is 14.6 Å². The van der Waals surface area contributed by atoms with Crippen molar-refractivity contribution in [2.24, 2.45) is 5.92 Å². The molecule has 1 amide bonds. The zero-order chi connectivity index (χ0) is 19.0. The number of rotatable bonds is 7. The monoisotopic (exact) mass is 380 g/mol. The molecule has 142 valence electrons. The molecule has 1 fully saturated rings. The van der Waals surface area contributed by atoms with Crippen LogP contribution in [0.3, 0.4) is 0 Å². The average molecular weight is 380 g/mol. The third-order valence-corrected chi connectivity index (χ3v) is 5.96. The molecule has 2 atom stereocenters. The number of nitrogens with one attached hydrogen (secondary N) is 2. The van der Waals surface area contributed by atoms with Crippen LogP contribution in [0, 0.1) is 17.8 Å². The van der Waals surface area contributed by atoms with E-state index in [0.717, 1.165) is 12.8 Å². The van der Waals surface area contributed by atoms with Gasteiger partial charge in [-0.2, -0.15) is 0 Å². The summed E-state index contributed by atoms with van der Waals surface area (Å²) in [5.41, 5.74) is 1.67. The van der Waals surface area contributed by atoms with Gasteiger partial charge in [-0.15, -0.1) is 5.92 Å². The first-order chi connectivity index (χ1) is 12.5. The van der Waals surface area contributed by atoms with E-state index in [2.05, 4.69) is 17.2 Å². The molecule has 0 spiro atoms. The number of ether oxygens (including phenoxy) is 1. The molecule has 0 heterocycles. The van der Waals surface area contributed by atoms with Gasteiger partial charge in [0.1, 0.15) is 18.2 Å². The van der Waals surface area contributed by atoms with Gasteiger partial charge in [0, 0.05) is 6.04 Å². The third-order valence-electron chi connectivity index (χ3n) is 4.42. The maximum atomic E-state index is 12.5. The largest absolute Gasteiger partial charge is 0.481 e. The molecule has 7 nitrogen and oxygen atoms in total. The Morgan fingerprint density at radius 1 is 1.27 bits per heavy atom. The number of hydrogen-bond donors (Lipinski definition) is 3. The number of amides is 1. The molecule has 1 aromatic rings. The summed E-state index contributed by atoms with van der Waals surface area (Å²) >= 11 is 0. The fourth-order valence-corrected chi connectivity index (χ4v) is 4.16. The Bertz CT molecular complexity index is 765. The van der Waals surface area contributed by atoms with E-state index in [1.54, 1.807) is 24.5 Å². The van der Waals surface area contributed by atoms with Crippen LogP contribution in [0.25, 0.3) is 0 Å². The highest BCUT2D eigenvalue weighted by atomic mass is 32.2. The summed E-state index contributed by atoms with van der Waals surface area (Å²) < 4.78 is 30.4. The fraction of sp³-hybridized carbons (Fsp3) is 0.500. The minimum atomic E-state index is -3.55. The van der Waals surface area contributed by atoms with Crippen LogP contribution in [0.1, 0.15) is 32.6 Å². The van der Waals surface area contributed by atoms with Gasteiger partial charge < -0.3 is 4.74 Å². The Kier molecular flexibility index (Phi) is 7.45. The summed E-state index contributed by atoms with van der Waals surface area (Å²) in [5, 5.41) is 11.8. The summed E-state index contributed by atoms with van der Waals surface area (Å²) in [4.78, 5) is 11.9. The highest BCUT2D eigenvalue weighted by Gasteiger charge is 2.31. The van der Waals surface area contributed by atoms with Gasteiger partial charge in [-0.05, 0) is 44.0 Å². The second kappa shape index (κ2) is 9.57. The molecule has 2 rings (SSSR count). The maximum absolute atomic E-state index is 12.5. The molecule has 0 bridgehead atoms. The van der Waals surface area contributed by atoms with E-state index in [9.17, 15) is 13.2 Å². The second-order valence-corrected chi connectivity index (χ2v) is 8.11. The van der Waals surface area contributed by atoms with E-state index < -0.39 is 21.7 Å². The molecule has 1 aliphatic carbocycles. The lowest BCUT2D eigenvalue weighted by Crippen LogP contribution is -2.47. The van der Waals surface area contributed by atoms with Crippen LogP contribution in [-0.4, -0.2) is 38.1 Å². The molecule has 0 aromatic heterocycles. The van der Waals surface area contributed by atoms with Crippen molar-refractivity contribution in [2.75, 3.05) is 12.5 Å². The first kappa shape index (κ1) is 20.2. The van der Waals surface area contributed by atoms with Crippen molar-refractivity contribution in [3.05, 3.63) is 24.3 Å². The van der Waals surface area contributed by atoms with Crippen molar-refractivity contribution >= 4 is 15.7 Å². The topological polar surface area (TPSA) is 105 Å². The van der Waals surface area contributed by atoms with Gasteiger partial charge in [0.15, 0.2) is 9.84 Å². The number of carbonyl (C=O) groups excluding carboxylic acids is 1. The van der Waals surface area contributed by atoms with Crippen molar-refractivity contribution < 1.29 is 23.2 Å². The molecule has 1 saturated carbocycles. The van der Waals surface area contributed by atoms with Gasteiger partial charge in [-0.1, -0.05) is 18.8 Å². The molecular weight excluding hydrogens is 356 g/mol. The Morgan fingerprint density at radius 3 is 2.62 bits per heavy atom. The Hall–Kier alpha value is -2.08. The zero-order valence-corrected chi connectivity index (χ0v) is 15.5. The lowest BCUT2D eigenvalue weighted by Gasteiger charge is -2.30. The minimum Gasteiger partial charge on any atom is -0.481 e. The molecule has 1 aromatic carbocycles. The predicted molar refractivity (Wildman–Crippen MR) is 96.3 cm³/mol. The molecule has 0 unspecified atom stereocenters. The lowest BCUT2D eigenvalue weighted by atomic mass is 9.84. The van der Waals surface area contributed by atoms with Gasteiger partial charge >= 0.3 is 0 Å². The SMILES string of the molecule is CC#CCOc1ccc(S(=O)(=O)CN[C@H]2CCCC[C@H]2C(=O)NO)cc1. The maximum Gasteiger partial charge on any atom is 0.248 e. The number of hydrogen-bond acceptors (Lipinski definition) is 6. The highest BCUT2D eigenvalue weighted by molar-refractivity contribution is 7.91. The smallest absolute Gasteiger partial charge is 0.248 e. The van der Waals surface area contributed by atoms with E-state index in [0.29, 0.717) is 18.6 Å². The first-order valence-electron chi connectivity index (χ1n) is 8.50. The molecular formula is C18H24N2O5S. The van der Waals surface area contributed by atoms with E-state index in [-0.39, 0.29) is 23.4 Å². The van der Waals surface area contributed by atoms with E-state index in [4.69, 9.17) is 9.94 Å². The van der Waals surface area contributed by atoms with Crippen LogP contribution in [0.5, 0.6) is 5.75 Å². The Labute approximate surface area is 154 Å². The quantitative estimate of drug-likeness (QED) is 0.376. The van der Waals surface area contributed by atoms with Crippen molar-refractivity contribution in [2.45, 2.75) is 43.5 Å². The summed E-state index contributed by atoms with van der Waals surface area (Å²) in [6, 6.07) is 5.88. The number of benzene rings is 1. The minimum absolute atomic E-state index is 0.179. The first-order valence-corrected chi connectivity index (χ1v) is 10.2. The van der Waals surface area contributed by atoms with E-state index in [1.807, 2.05) is 0 Å². The molecule has 0 radical (unpaired) electrons. The van der Waals surface area contributed by atoms with Crippen LogP contribution >= 0.6 is 0 Å². The average Bonchev–Trinajstić information content (AvgIpc) is 2.66. The normalized spacial score (nSPS) is 19.9. The van der Waals surface area contributed by atoms with Crippen LogP contribution in [0.2, 0.25) is 0 Å². The number of carbonyl (C=O) groups is 1. The van der Waals surface area contributed by atoms with Gasteiger partial charge in [0.2, 0.25) is 5.91 Å². The summed E-state index contributed by atoms with van der Waals surface area (Å²) in [6.45, 7) is 1.97. The molecule has 1 aliphatic rings. The molecule has 26 heavy (non-hydrogen) atoms. The predicted octanol–water partition coefficient (Wildman–Crippen LogP) is 1.47. The molecule has 0 saturated heterocycles. The van der Waals surface area contributed by atoms with Crippen LogP contribution in [0.15, 0.2) is 29.2 Å². The summed E-state index contributed by atoms with van der Waals surface area (Å²) in [6.07, 6.45) is 3.11. The number of sulfone groups is 1. The summed E-state index contributed by atoms with van der Waals surface area (Å²) in [7, 11) is -3.55. The van der Waals surface area contributed by atoms with Gasteiger partial charge in [-0.3, -0.25) is 15.3 Å². The molecule has 8 heteroatoms. The number of hydroxylamine groups is 1. The van der Waals surface area contributed by atoms with Crippen LogP contribution in [0.4, 0.5) is 0 Å². The van der Waals surface area contributed by atoms with Gasteiger partial charge in [0.05, 0.1) is 10.8 Å². The van der Waals surface area contributed by atoms with Crippen molar-refractivity contribution in [1.82, 2.24) is 10.8 Å². The zero-order valence-electron chi connectivity index (χ0n) is 14.7. The van der Waals surface area contributed by atoms with Crippen molar-refractivity contribution in [3.63, 3.8) is 0 Å². The summed E-state index contributed by atoms with van der Waals surface area (Å²) in [5.74, 6) is 4.85. The Morgan fingerprint density at radius 2 is 1.96 bits per heavy atom. The van der Waals surface area contributed by atoms with Gasteiger partial charge in [-0.25, -0.2) is 13.9 Å². The molecule has 0 aliphatic heterocycles. The van der Waals surface area contributed by atoms with Gasteiger partial charge in [0.25, 0.3) is 0 Å². The second-order valence-electron chi connectivity index (χ2n) is 6.12. The van der Waals surface area contributed by atoms with Crippen LogP contribution < -0.4 is 15.5 Å². The van der Waals surface area contributed by atoms with E-state index in [1.165, 1.54) is 12.1 Å². The highest BCUT2D eigenvalue weighted by Crippen LogP contribution is 2.25. The van der Waals surface area contributed by atoms with Crippen molar-refractivity contribution in [3.8, 4) is 17.6 Å². The van der Waals surface area contributed by atoms with Crippen molar-refractivity contribution in [1.29, 1.82) is 0 Å². The molecule has 3 N–H and O–H groups in total. The fourth-order valence-electron chi connectivity index (χ4n) is 3.01. The lowest BCUT2D eigenvalue weighted by molar-refractivity contribution is -0.135. The standard InChI is InChI=1S/C18H24N2O5S/c1-2-3-12-25-14-8-10-15(11-9-14)26(23,24)13-19-17-7-5-4-6-16(17)18(21)20-22/h8-11,16-17,19,22H,4-7,12-13H2,1H3,(H,20,21)/t16-,17+/m1/s1. The van der Waals surface area contributed by atoms with E-state index >= 15 is 0 Å².